The maximum atomic E-state index is 11.3. The second kappa shape index (κ2) is 4.00. The minimum absolute atomic E-state index is 0.217. The van der Waals surface area contributed by atoms with Gasteiger partial charge in [0, 0.05) is 5.56 Å². The quantitative estimate of drug-likeness (QED) is 0.715. The van der Waals surface area contributed by atoms with Crippen LogP contribution in [0.15, 0.2) is 30.3 Å². The normalized spacial score (nSPS) is 22.1. The van der Waals surface area contributed by atoms with E-state index in [2.05, 4.69) is 4.74 Å². The van der Waals surface area contributed by atoms with Crippen LogP contribution in [0.4, 0.5) is 0 Å². The Kier molecular flexibility index (Phi) is 2.69. The van der Waals surface area contributed by atoms with Gasteiger partial charge in [-0.2, -0.15) is 0 Å². The molecule has 1 atom stereocenters. The summed E-state index contributed by atoms with van der Waals surface area (Å²) in [7, 11) is 1.38. The fourth-order valence-electron chi connectivity index (χ4n) is 1.72. The van der Waals surface area contributed by atoms with E-state index in [-0.39, 0.29) is 12.4 Å². The van der Waals surface area contributed by atoms with Crippen molar-refractivity contribution in [1.82, 2.24) is 0 Å². The van der Waals surface area contributed by atoms with Crippen molar-refractivity contribution in [3.05, 3.63) is 35.9 Å². The highest BCUT2D eigenvalue weighted by Gasteiger charge is 2.30. The smallest absolute Gasteiger partial charge is 0.309 e. The van der Waals surface area contributed by atoms with Crippen LogP contribution in [-0.2, 0) is 9.53 Å². The molecule has 0 radical (unpaired) electrons. The van der Waals surface area contributed by atoms with Crippen LogP contribution >= 0.6 is 0 Å². The highest BCUT2D eigenvalue weighted by atomic mass is 16.5. The Labute approximate surface area is 94.7 Å². The lowest BCUT2D eigenvalue weighted by molar-refractivity contribution is -0.143. The summed E-state index contributed by atoms with van der Waals surface area (Å²) in [6, 6.07) is 7.74. The second-order valence-electron chi connectivity index (χ2n) is 4.04. The number of carbonyl (C=O) groups excluding carboxylic acids is 1. The summed E-state index contributed by atoms with van der Waals surface area (Å²) in [6.07, 6.45) is 4.09. The van der Waals surface area contributed by atoms with Crippen LogP contribution in [0.3, 0.4) is 0 Å². The van der Waals surface area contributed by atoms with Gasteiger partial charge in [0.05, 0.1) is 13.5 Å². The summed E-state index contributed by atoms with van der Waals surface area (Å²) in [4.78, 5) is 11.3. The van der Waals surface area contributed by atoms with Crippen molar-refractivity contribution < 1.29 is 14.3 Å². The van der Waals surface area contributed by atoms with E-state index in [1.807, 2.05) is 43.3 Å². The molecule has 1 aliphatic heterocycles. The number of hydrogen-bond donors (Lipinski definition) is 0. The lowest BCUT2D eigenvalue weighted by Gasteiger charge is -2.30. The molecular formula is C13H14O3. The van der Waals surface area contributed by atoms with Crippen LogP contribution in [0.5, 0.6) is 5.75 Å². The highest BCUT2D eigenvalue weighted by molar-refractivity contribution is 5.72. The Balaban J connectivity index is 2.21. The molecule has 0 aliphatic carbocycles. The molecule has 2 rings (SSSR count). The van der Waals surface area contributed by atoms with Gasteiger partial charge < -0.3 is 9.47 Å². The molecule has 0 spiro atoms. The second-order valence-corrected chi connectivity index (χ2v) is 4.04. The summed E-state index contributed by atoms with van der Waals surface area (Å²) in [5.74, 6) is 0.530. The van der Waals surface area contributed by atoms with Gasteiger partial charge in [-0.05, 0) is 19.1 Å². The molecule has 84 valence electrons. The van der Waals surface area contributed by atoms with Gasteiger partial charge in [-0.1, -0.05) is 24.3 Å². The van der Waals surface area contributed by atoms with Crippen LogP contribution in [0, 0.1) is 0 Å². The van der Waals surface area contributed by atoms with Crippen molar-refractivity contribution in [3.63, 3.8) is 0 Å². The number of esters is 1. The number of ether oxygens (including phenoxy) is 2. The molecule has 0 amide bonds. The van der Waals surface area contributed by atoms with E-state index in [1.54, 1.807) is 0 Å². The molecule has 1 unspecified atom stereocenters. The molecule has 3 nitrogen and oxygen atoms in total. The van der Waals surface area contributed by atoms with Gasteiger partial charge in [0.15, 0.2) is 0 Å². The standard InChI is InChI=1S/C13H14O3/c1-13(9-12(14)15-2)8-7-10-5-3-4-6-11(10)16-13/h3-8H,9H2,1-2H3. The van der Waals surface area contributed by atoms with E-state index in [1.165, 1.54) is 7.11 Å². The van der Waals surface area contributed by atoms with Gasteiger partial charge in [-0.3, -0.25) is 4.79 Å². The van der Waals surface area contributed by atoms with Gasteiger partial charge in [-0.25, -0.2) is 0 Å². The molecule has 16 heavy (non-hydrogen) atoms. The molecule has 0 aromatic heterocycles. The maximum absolute atomic E-state index is 11.3. The van der Waals surface area contributed by atoms with Crippen molar-refractivity contribution >= 4 is 12.0 Å². The van der Waals surface area contributed by atoms with Gasteiger partial charge in [-0.15, -0.1) is 0 Å². The van der Waals surface area contributed by atoms with E-state index in [0.29, 0.717) is 0 Å². The average molecular weight is 218 g/mol. The first kappa shape index (κ1) is 10.7. The molecule has 3 heteroatoms. The molecule has 1 aliphatic rings. The number of para-hydroxylation sites is 1. The van der Waals surface area contributed by atoms with E-state index in [4.69, 9.17) is 4.74 Å². The molecular weight excluding hydrogens is 204 g/mol. The van der Waals surface area contributed by atoms with Crippen molar-refractivity contribution in [1.29, 1.82) is 0 Å². The minimum Gasteiger partial charge on any atom is -0.482 e. The molecule has 1 aromatic carbocycles. The summed E-state index contributed by atoms with van der Waals surface area (Å²) in [5.41, 5.74) is 0.423. The zero-order valence-corrected chi connectivity index (χ0v) is 9.40. The van der Waals surface area contributed by atoms with Gasteiger partial charge >= 0.3 is 5.97 Å². The van der Waals surface area contributed by atoms with Crippen molar-refractivity contribution in [2.45, 2.75) is 18.9 Å². The topological polar surface area (TPSA) is 35.5 Å². The first-order chi connectivity index (χ1) is 7.63. The highest BCUT2D eigenvalue weighted by Crippen LogP contribution is 2.32. The number of methoxy groups -OCH3 is 1. The number of benzene rings is 1. The van der Waals surface area contributed by atoms with Crippen LogP contribution in [-0.4, -0.2) is 18.7 Å². The Morgan fingerprint density at radius 2 is 2.19 bits per heavy atom. The van der Waals surface area contributed by atoms with Gasteiger partial charge in [0.25, 0.3) is 0 Å². The third-order valence-corrected chi connectivity index (χ3v) is 2.60. The monoisotopic (exact) mass is 218 g/mol. The molecule has 1 aromatic rings. The predicted molar refractivity (Wildman–Crippen MR) is 61.1 cm³/mol. The van der Waals surface area contributed by atoms with E-state index in [0.717, 1.165) is 11.3 Å². The van der Waals surface area contributed by atoms with Crippen LogP contribution in [0.2, 0.25) is 0 Å². The fraction of sp³-hybridized carbons (Fsp3) is 0.308. The molecule has 0 bridgehead atoms. The Morgan fingerprint density at radius 1 is 1.44 bits per heavy atom. The van der Waals surface area contributed by atoms with Crippen molar-refractivity contribution in [2.24, 2.45) is 0 Å². The molecule has 0 fully saturated rings. The first-order valence-corrected chi connectivity index (χ1v) is 5.17. The number of rotatable bonds is 2. The third-order valence-electron chi connectivity index (χ3n) is 2.60. The fourth-order valence-corrected chi connectivity index (χ4v) is 1.72. The van der Waals surface area contributed by atoms with Crippen molar-refractivity contribution in [2.75, 3.05) is 7.11 Å². The summed E-state index contributed by atoms with van der Waals surface area (Å²) in [6.45, 7) is 1.87. The minimum atomic E-state index is -0.610. The molecule has 0 saturated carbocycles. The predicted octanol–water partition coefficient (Wildman–Crippen LogP) is 2.41. The van der Waals surface area contributed by atoms with Crippen molar-refractivity contribution in [3.8, 4) is 5.75 Å². The lowest BCUT2D eigenvalue weighted by atomic mass is 9.97. The Morgan fingerprint density at radius 3 is 2.94 bits per heavy atom. The van der Waals surface area contributed by atoms with Gasteiger partial charge in [0.1, 0.15) is 11.4 Å². The Bertz CT molecular complexity index is 437. The number of fused-ring (bicyclic) bond motifs is 1. The third kappa shape index (κ3) is 2.08. The lowest BCUT2D eigenvalue weighted by Crippen LogP contribution is -2.34. The zero-order valence-electron chi connectivity index (χ0n) is 9.40. The van der Waals surface area contributed by atoms with E-state index in [9.17, 15) is 4.79 Å². The van der Waals surface area contributed by atoms with Gasteiger partial charge in [0.2, 0.25) is 0 Å². The molecule has 0 saturated heterocycles. The summed E-state index contributed by atoms with van der Waals surface area (Å²) in [5, 5.41) is 0. The molecule has 0 N–H and O–H groups in total. The first-order valence-electron chi connectivity index (χ1n) is 5.17. The van der Waals surface area contributed by atoms with Crippen LogP contribution in [0.25, 0.3) is 6.08 Å². The van der Waals surface area contributed by atoms with E-state index >= 15 is 0 Å². The molecule has 1 heterocycles. The zero-order chi connectivity index (χ0) is 11.6. The maximum Gasteiger partial charge on any atom is 0.309 e. The summed E-state index contributed by atoms with van der Waals surface area (Å²) < 4.78 is 10.5. The average Bonchev–Trinajstić information content (AvgIpc) is 2.28. The number of carbonyl (C=O) groups is 1. The summed E-state index contributed by atoms with van der Waals surface area (Å²) >= 11 is 0. The Hall–Kier alpha value is -1.77. The largest absolute Gasteiger partial charge is 0.482 e. The van der Waals surface area contributed by atoms with Crippen LogP contribution in [0.1, 0.15) is 18.9 Å². The SMILES string of the molecule is COC(=O)CC1(C)C=Cc2ccccc2O1. The van der Waals surface area contributed by atoms with Crippen LogP contribution < -0.4 is 4.74 Å². The van der Waals surface area contributed by atoms with E-state index < -0.39 is 5.60 Å². The number of hydrogen-bond acceptors (Lipinski definition) is 3.